The van der Waals surface area contributed by atoms with E-state index in [0.717, 1.165) is 67.7 Å². The van der Waals surface area contributed by atoms with Crippen LogP contribution in [0.5, 0.6) is 11.5 Å². The number of nitrogens with zero attached hydrogens (tertiary/aromatic N) is 4. The molecule has 4 rings (SSSR count). The van der Waals surface area contributed by atoms with Crippen molar-refractivity contribution in [2.75, 3.05) is 58.9 Å². The molecule has 2 aromatic heterocycles. The fraction of sp³-hybridized carbons (Fsp3) is 0.429. The summed E-state index contributed by atoms with van der Waals surface area (Å²) in [6.07, 6.45) is 1.80. The Hall–Kier alpha value is -2.84. The van der Waals surface area contributed by atoms with Crippen molar-refractivity contribution in [2.45, 2.75) is 6.92 Å². The first-order chi connectivity index (χ1) is 14.2. The number of hydrogen-bond donors (Lipinski definition) is 1. The number of rotatable bonds is 7. The fourth-order valence-electron chi connectivity index (χ4n) is 3.68. The molecule has 0 bridgehead atoms. The maximum Gasteiger partial charge on any atom is 0.177 e. The first-order valence-corrected chi connectivity index (χ1v) is 9.82. The molecule has 0 amide bonds. The van der Waals surface area contributed by atoms with Crippen molar-refractivity contribution in [3.05, 3.63) is 36.2 Å². The van der Waals surface area contributed by atoms with Crippen LogP contribution < -0.4 is 14.8 Å². The van der Waals surface area contributed by atoms with Crippen molar-refractivity contribution in [1.29, 1.82) is 0 Å². The fourth-order valence-corrected chi connectivity index (χ4v) is 3.68. The van der Waals surface area contributed by atoms with Gasteiger partial charge in [-0.25, -0.2) is 9.50 Å². The van der Waals surface area contributed by atoms with E-state index in [0.29, 0.717) is 11.5 Å². The Morgan fingerprint density at radius 3 is 2.66 bits per heavy atom. The molecular weight excluding hydrogens is 370 g/mol. The minimum atomic E-state index is 0.680. The maximum absolute atomic E-state index is 5.46. The zero-order valence-electron chi connectivity index (χ0n) is 17.1. The summed E-state index contributed by atoms with van der Waals surface area (Å²) in [6.45, 7) is 7.41. The molecule has 1 aliphatic rings. The largest absolute Gasteiger partial charge is 0.493 e. The molecule has 1 aliphatic heterocycles. The summed E-state index contributed by atoms with van der Waals surface area (Å²) in [4.78, 5) is 7.19. The molecule has 1 N–H and O–H groups in total. The first-order valence-electron chi connectivity index (χ1n) is 9.82. The maximum atomic E-state index is 5.46. The lowest BCUT2D eigenvalue weighted by molar-refractivity contribution is 0.0398. The second kappa shape index (κ2) is 8.67. The van der Waals surface area contributed by atoms with Gasteiger partial charge < -0.3 is 19.5 Å². The minimum absolute atomic E-state index is 0.680. The van der Waals surface area contributed by atoms with Crippen LogP contribution in [-0.2, 0) is 4.74 Å². The molecule has 154 valence electrons. The SMILES string of the molecule is COc1ccc(-c2c(C)nc3c(NCCN4CCOCC4)ccnn23)cc1OC. The molecule has 0 unspecified atom stereocenters. The summed E-state index contributed by atoms with van der Waals surface area (Å²) in [5, 5.41) is 8.07. The number of aromatic nitrogens is 3. The number of fused-ring (bicyclic) bond motifs is 1. The molecule has 1 fully saturated rings. The molecule has 3 heterocycles. The van der Waals surface area contributed by atoms with E-state index < -0.39 is 0 Å². The molecule has 8 heteroatoms. The normalized spacial score (nSPS) is 14.9. The third kappa shape index (κ3) is 3.99. The van der Waals surface area contributed by atoms with Crippen molar-refractivity contribution < 1.29 is 14.2 Å². The van der Waals surface area contributed by atoms with Gasteiger partial charge in [0.15, 0.2) is 17.1 Å². The highest BCUT2D eigenvalue weighted by Crippen LogP contribution is 2.34. The van der Waals surface area contributed by atoms with E-state index in [1.165, 1.54) is 0 Å². The molecule has 0 saturated carbocycles. The molecule has 0 spiro atoms. The monoisotopic (exact) mass is 397 g/mol. The zero-order chi connectivity index (χ0) is 20.2. The third-order valence-corrected chi connectivity index (χ3v) is 5.20. The van der Waals surface area contributed by atoms with E-state index in [1.807, 2.05) is 35.7 Å². The minimum Gasteiger partial charge on any atom is -0.493 e. The number of aryl methyl sites for hydroxylation is 1. The van der Waals surface area contributed by atoms with E-state index in [-0.39, 0.29) is 0 Å². The summed E-state index contributed by atoms with van der Waals surface area (Å²) in [5.41, 5.74) is 4.62. The quantitative estimate of drug-likeness (QED) is 0.656. The predicted octanol–water partition coefficient (Wildman–Crippen LogP) is 2.47. The molecule has 0 aliphatic carbocycles. The Morgan fingerprint density at radius 2 is 1.90 bits per heavy atom. The Morgan fingerprint density at radius 1 is 1.10 bits per heavy atom. The standard InChI is InChI=1S/C21H27N5O3/c1-15-20(16-4-5-18(27-2)19(14-16)28-3)26-21(24-15)17(6-7-23-26)22-8-9-25-10-12-29-13-11-25/h4-7,14,22H,8-13H2,1-3H3. The Balaban J connectivity index is 1.60. The van der Waals surface area contributed by atoms with Gasteiger partial charge in [-0.15, -0.1) is 0 Å². The average molecular weight is 397 g/mol. The molecular formula is C21H27N5O3. The lowest BCUT2D eigenvalue weighted by Crippen LogP contribution is -2.39. The van der Waals surface area contributed by atoms with Gasteiger partial charge in [-0.3, -0.25) is 4.90 Å². The van der Waals surface area contributed by atoms with Gasteiger partial charge in [0.05, 0.1) is 50.7 Å². The number of morpholine rings is 1. The van der Waals surface area contributed by atoms with Crippen LogP contribution in [0.25, 0.3) is 16.9 Å². The van der Waals surface area contributed by atoms with Crippen LogP contribution in [0.15, 0.2) is 30.5 Å². The van der Waals surface area contributed by atoms with Gasteiger partial charge in [0.1, 0.15) is 0 Å². The van der Waals surface area contributed by atoms with Crippen molar-refractivity contribution in [1.82, 2.24) is 19.5 Å². The Labute approximate surface area is 170 Å². The number of methoxy groups -OCH3 is 2. The first kappa shape index (κ1) is 19.5. The van der Waals surface area contributed by atoms with Crippen molar-refractivity contribution in [3.8, 4) is 22.8 Å². The van der Waals surface area contributed by atoms with Crippen LogP contribution in [-0.4, -0.2) is 73.1 Å². The van der Waals surface area contributed by atoms with Crippen LogP contribution in [0, 0.1) is 6.92 Å². The highest BCUT2D eigenvalue weighted by atomic mass is 16.5. The van der Waals surface area contributed by atoms with E-state index in [4.69, 9.17) is 19.2 Å². The highest BCUT2D eigenvalue weighted by molar-refractivity contribution is 5.75. The van der Waals surface area contributed by atoms with Gasteiger partial charge >= 0.3 is 0 Å². The van der Waals surface area contributed by atoms with Gasteiger partial charge in [-0.2, -0.15) is 5.10 Å². The summed E-state index contributed by atoms with van der Waals surface area (Å²) in [6, 6.07) is 7.82. The van der Waals surface area contributed by atoms with Crippen molar-refractivity contribution in [3.63, 3.8) is 0 Å². The highest BCUT2D eigenvalue weighted by Gasteiger charge is 2.17. The molecule has 0 atom stereocenters. The lowest BCUT2D eigenvalue weighted by Gasteiger charge is -2.26. The topological polar surface area (TPSA) is 73.2 Å². The third-order valence-electron chi connectivity index (χ3n) is 5.20. The summed E-state index contributed by atoms with van der Waals surface area (Å²) in [5.74, 6) is 1.38. The van der Waals surface area contributed by atoms with Gasteiger partial charge in [-0.05, 0) is 31.2 Å². The van der Waals surface area contributed by atoms with Gasteiger partial charge in [0.2, 0.25) is 0 Å². The molecule has 1 aromatic carbocycles. The Bertz CT molecular complexity index is 982. The van der Waals surface area contributed by atoms with Crippen LogP contribution in [0.1, 0.15) is 5.69 Å². The summed E-state index contributed by atoms with van der Waals surface area (Å²) in [7, 11) is 3.27. The van der Waals surface area contributed by atoms with Gasteiger partial charge in [0, 0.05) is 31.7 Å². The number of hydrogen-bond acceptors (Lipinski definition) is 7. The number of ether oxygens (including phenoxy) is 3. The zero-order valence-corrected chi connectivity index (χ0v) is 17.1. The predicted molar refractivity (Wildman–Crippen MR) is 112 cm³/mol. The summed E-state index contributed by atoms with van der Waals surface area (Å²) >= 11 is 0. The van der Waals surface area contributed by atoms with Crippen LogP contribution in [0.4, 0.5) is 5.69 Å². The Kier molecular flexibility index (Phi) is 5.82. The smallest absolute Gasteiger partial charge is 0.177 e. The van der Waals surface area contributed by atoms with Crippen LogP contribution in [0.2, 0.25) is 0 Å². The van der Waals surface area contributed by atoms with Crippen LogP contribution in [0.3, 0.4) is 0 Å². The van der Waals surface area contributed by atoms with E-state index in [1.54, 1.807) is 20.4 Å². The average Bonchev–Trinajstić information content (AvgIpc) is 3.10. The molecule has 1 saturated heterocycles. The van der Waals surface area contributed by atoms with Gasteiger partial charge in [0.25, 0.3) is 0 Å². The molecule has 0 radical (unpaired) electrons. The number of benzene rings is 1. The van der Waals surface area contributed by atoms with E-state index in [2.05, 4.69) is 15.3 Å². The molecule has 29 heavy (non-hydrogen) atoms. The molecule has 3 aromatic rings. The van der Waals surface area contributed by atoms with E-state index in [9.17, 15) is 0 Å². The molecule has 8 nitrogen and oxygen atoms in total. The number of anilines is 1. The van der Waals surface area contributed by atoms with Crippen molar-refractivity contribution >= 4 is 11.3 Å². The van der Waals surface area contributed by atoms with Crippen molar-refractivity contribution in [2.24, 2.45) is 0 Å². The number of imidazole rings is 1. The van der Waals surface area contributed by atoms with Crippen LogP contribution >= 0.6 is 0 Å². The lowest BCUT2D eigenvalue weighted by atomic mass is 10.1. The second-order valence-corrected chi connectivity index (χ2v) is 6.98. The van der Waals surface area contributed by atoms with E-state index >= 15 is 0 Å². The number of nitrogens with one attached hydrogen (secondary N) is 1. The summed E-state index contributed by atoms with van der Waals surface area (Å²) < 4.78 is 18.1. The van der Waals surface area contributed by atoms with Gasteiger partial charge in [-0.1, -0.05) is 0 Å². The second-order valence-electron chi connectivity index (χ2n) is 6.98.